The van der Waals surface area contributed by atoms with Crippen LogP contribution in [0, 0.1) is 0 Å². The zero-order valence-corrected chi connectivity index (χ0v) is 24.6. The highest BCUT2D eigenvalue weighted by molar-refractivity contribution is 7.99. The molecule has 2 aromatic carbocycles. The van der Waals surface area contributed by atoms with E-state index in [4.69, 9.17) is 4.74 Å². The van der Waals surface area contributed by atoms with Crippen molar-refractivity contribution in [3.63, 3.8) is 0 Å². The highest BCUT2D eigenvalue weighted by atomic mass is 32.2. The first kappa shape index (κ1) is 31.0. The van der Waals surface area contributed by atoms with E-state index in [1.165, 1.54) is 11.6 Å². The molecule has 0 saturated carbocycles. The topological polar surface area (TPSA) is 48.9 Å². The van der Waals surface area contributed by atoms with Gasteiger partial charge in [0.25, 0.3) is 0 Å². The summed E-state index contributed by atoms with van der Waals surface area (Å²) in [6.07, 6.45) is 0.139. The lowest BCUT2D eigenvalue weighted by Gasteiger charge is -2.37. The molecule has 1 aliphatic heterocycles. The fraction of sp³-hybridized carbons (Fsp3) is 0.484. The van der Waals surface area contributed by atoms with Crippen molar-refractivity contribution < 1.29 is 22.7 Å². The van der Waals surface area contributed by atoms with Gasteiger partial charge in [-0.1, -0.05) is 18.2 Å². The van der Waals surface area contributed by atoms with Crippen molar-refractivity contribution >= 4 is 28.7 Å². The second-order valence-corrected chi connectivity index (χ2v) is 11.3. The molecular formula is C31H39F3N4O2S. The summed E-state index contributed by atoms with van der Waals surface area (Å²) in [7, 11) is 0. The number of rotatable bonds is 12. The smallest absolute Gasteiger partial charge is 0.416 e. The first-order valence-corrected chi connectivity index (χ1v) is 15.3. The number of aromatic nitrogens is 1. The molecule has 0 unspecified atom stereocenters. The van der Waals surface area contributed by atoms with E-state index in [-0.39, 0.29) is 6.03 Å². The number of pyridine rings is 1. The summed E-state index contributed by atoms with van der Waals surface area (Å²) in [5, 5.41) is 0.755. The Morgan fingerprint density at radius 1 is 0.976 bits per heavy atom. The second kappa shape index (κ2) is 14.8. The highest BCUT2D eigenvalue weighted by Crippen LogP contribution is 2.34. The zero-order chi connectivity index (χ0) is 29.2. The van der Waals surface area contributed by atoms with Crippen LogP contribution in [-0.4, -0.2) is 77.3 Å². The lowest BCUT2D eigenvalue weighted by molar-refractivity contribution is -0.137. The number of hydrogen-bond acceptors (Lipinski definition) is 5. The van der Waals surface area contributed by atoms with Gasteiger partial charge < -0.3 is 14.5 Å². The Morgan fingerprint density at radius 2 is 1.71 bits per heavy atom. The molecule has 10 heteroatoms. The summed E-state index contributed by atoms with van der Waals surface area (Å²) in [5.41, 5.74) is 0.929. The molecule has 6 nitrogen and oxygen atoms in total. The normalized spacial score (nSPS) is 14.4. The van der Waals surface area contributed by atoms with E-state index in [0.29, 0.717) is 12.1 Å². The fourth-order valence-corrected chi connectivity index (χ4v) is 5.97. The van der Waals surface area contributed by atoms with Crippen LogP contribution >= 0.6 is 11.8 Å². The summed E-state index contributed by atoms with van der Waals surface area (Å²) in [5.74, 6) is 1.74. The molecule has 1 aromatic heterocycles. The molecular weight excluding hydrogens is 549 g/mol. The van der Waals surface area contributed by atoms with E-state index in [0.717, 1.165) is 99.0 Å². The molecule has 3 aromatic rings. The van der Waals surface area contributed by atoms with Crippen LogP contribution in [0.5, 0.6) is 5.75 Å². The minimum absolute atomic E-state index is 0.142. The minimum atomic E-state index is -4.37. The molecule has 222 valence electrons. The van der Waals surface area contributed by atoms with Gasteiger partial charge >= 0.3 is 12.2 Å². The van der Waals surface area contributed by atoms with Gasteiger partial charge in [0.15, 0.2) is 0 Å². The first-order valence-electron chi connectivity index (χ1n) is 14.3. The van der Waals surface area contributed by atoms with Crippen LogP contribution in [0.2, 0.25) is 0 Å². The molecule has 41 heavy (non-hydrogen) atoms. The van der Waals surface area contributed by atoms with Crippen molar-refractivity contribution in [2.45, 2.75) is 50.7 Å². The molecule has 0 aliphatic carbocycles. The molecule has 1 aliphatic rings. The first-order chi connectivity index (χ1) is 19.8. The number of alkyl halides is 3. The number of unbranched alkanes of at least 4 members (excludes halogenated alkanes) is 2. The summed E-state index contributed by atoms with van der Waals surface area (Å²) in [6.45, 7) is 10.3. The lowest BCUT2D eigenvalue weighted by atomic mass is 10.1. The maximum Gasteiger partial charge on any atom is 0.416 e. The molecule has 0 atom stereocenters. The number of ether oxygens (including phenoxy) is 1. The molecule has 0 N–H and O–H groups in total. The zero-order valence-electron chi connectivity index (χ0n) is 23.8. The van der Waals surface area contributed by atoms with Crippen LogP contribution < -0.4 is 4.74 Å². The van der Waals surface area contributed by atoms with E-state index >= 15 is 0 Å². The summed E-state index contributed by atoms with van der Waals surface area (Å²) in [4.78, 5) is 23.8. The maximum absolute atomic E-state index is 13.0. The second-order valence-electron chi connectivity index (χ2n) is 10.2. The van der Waals surface area contributed by atoms with Crippen LogP contribution in [0.1, 0.15) is 44.2 Å². The number of carbonyl (C=O) groups is 1. The molecule has 2 heterocycles. The summed E-state index contributed by atoms with van der Waals surface area (Å²) in [6, 6.07) is 14.0. The predicted octanol–water partition coefficient (Wildman–Crippen LogP) is 7.17. The molecule has 0 radical (unpaired) electrons. The molecule has 0 spiro atoms. The Morgan fingerprint density at radius 3 is 2.39 bits per heavy atom. The van der Waals surface area contributed by atoms with E-state index in [1.54, 1.807) is 18.0 Å². The SMILES string of the molecule is CCN(CC)C(=O)N1CCN(Cc2ccc(OCCCCCSc3ccnc4cc(C(F)(F)F)ccc34)cc2)CC1. The Hall–Kier alpha value is -2.98. The summed E-state index contributed by atoms with van der Waals surface area (Å²) < 4.78 is 44.9. The summed E-state index contributed by atoms with van der Waals surface area (Å²) >= 11 is 1.65. The van der Waals surface area contributed by atoms with Gasteiger partial charge in [0.05, 0.1) is 17.7 Å². The van der Waals surface area contributed by atoms with Crippen molar-refractivity contribution in [1.82, 2.24) is 19.7 Å². The molecule has 0 bridgehead atoms. The van der Waals surface area contributed by atoms with Gasteiger partial charge in [0.2, 0.25) is 0 Å². The van der Waals surface area contributed by atoms with Crippen molar-refractivity contribution in [3.8, 4) is 5.75 Å². The van der Waals surface area contributed by atoms with Crippen molar-refractivity contribution in [2.75, 3.05) is 51.6 Å². The maximum atomic E-state index is 13.0. The van der Waals surface area contributed by atoms with Crippen LogP contribution in [0.4, 0.5) is 18.0 Å². The van der Waals surface area contributed by atoms with Crippen LogP contribution in [0.25, 0.3) is 10.9 Å². The van der Waals surface area contributed by atoms with Gasteiger partial charge in [-0.05, 0) is 74.8 Å². The number of fused-ring (bicyclic) bond motifs is 1. The molecule has 1 fully saturated rings. The monoisotopic (exact) mass is 588 g/mol. The largest absolute Gasteiger partial charge is 0.494 e. The number of amides is 2. The van der Waals surface area contributed by atoms with Crippen molar-refractivity contribution in [2.24, 2.45) is 0 Å². The molecule has 4 rings (SSSR count). The number of hydrogen-bond donors (Lipinski definition) is 0. The van der Waals surface area contributed by atoms with Crippen molar-refractivity contribution in [1.29, 1.82) is 0 Å². The average molecular weight is 589 g/mol. The third-order valence-corrected chi connectivity index (χ3v) is 8.51. The quantitative estimate of drug-likeness (QED) is 0.166. The number of thioether (sulfide) groups is 1. The van der Waals surface area contributed by atoms with Crippen LogP contribution in [0.15, 0.2) is 59.6 Å². The third kappa shape index (κ3) is 8.75. The van der Waals surface area contributed by atoms with Gasteiger partial charge in [-0.25, -0.2) is 4.79 Å². The highest BCUT2D eigenvalue weighted by Gasteiger charge is 2.30. The van der Waals surface area contributed by atoms with Gasteiger partial charge in [-0.3, -0.25) is 9.88 Å². The van der Waals surface area contributed by atoms with E-state index < -0.39 is 11.7 Å². The van der Waals surface area contributed by atoms with Crippen LogP contribution in [0.3, 0.4) is 0 Å². The average Bonchev–Trinajstić information content (AvgIpc) is 2.97. The number of piperazine rings is 1. The minimum Gasteiger partial charge on any atom is -0.494 e. The number of nitrogens with zero attached hydrogens (tertiary/aromatic N) is 4. The van der Waals surface area contributed by atoms with Gasteiger partial charge in [0.1, 0.15) is 5.75 Å². The third-order valence-electron chi connectivity index (χ3n) is 7.35. The molecule has 1 saturated heterocycles. The Bertz CT molecular complexity index is 1260. The Balaban J connectivity index is 1.11. The standard InChI is InChI=1S/C31H39F3N4O2S/c1-3-37(4-2)30(39)38-18-16-36(17-19-38)23-24-8-11-26(12-9-24)40-20-6-5-7-21-41-29-14-15-35-28-22-25(31(32,33)34)10-13-27(28)29/h8-15,22H,3-7,16-21,23H2,1-2H3. The van der Waals surface area contributed by atoms with E-state index in [2.05, 4.69) is 22.0 Å². The van der Waals surface area contributed by atoms with Gasteiger partial charge in [0, 0.05) is 62.3 Å². The molecule has 2 amide bonds. The van der Waals surface area contributed by atoms with Crippen LogP contribution in [-0.2, 0) is 12.7 Å². The number of carbonyl (C=O) groups excluding carboxylic acids is 1. The number of urea groups is 1. The fourth-order valence-electron chi connectivity index (χ4n) is 4.92. The Labute approximate surface area is 244 Å². The van der Waals surface area contributed by atoms with E-state index in [1.807, 2.05) is 41.8 Å². The van der Waals surface area contributed by atoms with Gasteiger partial charge in [-0.2, -0.15) is 13.2 Å². The number of benzene rings is 2. The Kier molecular flexibility index (Phi) is 11.2. The predicted molar refractivity (Wildman–Crippen MR) is 158 cm³/mol. The van der Waals surface area contributed by atoms with Gasteiger partial charge in [-0.15, -0.1) is 11.8 Å². The van der Waals surface area contributed by atoms with Crippen molar-refractivity contribution in [3.05, 3.63) is 65.9 Å². The number of halogens is 3. The van der Waals surface area contributed by atoms with E-state index in [9.17, 15) is 18.0 Å². The lowest BCUT2D eigenvalue weighted by Crippen LogP contribution is -2.52.